The summed E-state index contributed by atoms with van der Waals surface area (Å²) in [6, 6.07) is 32.1. The number of ketones is 1. The van der Waals surface area contributed by atoms with Gasteiger partial charge in [0.05, 0.1) is 11.2 Å². The molecule has 0 atom stereocenters. The maximum Gasteiger partial charge on any atom is 0.195 e. The summed E-state index contributed by atoms with van der Waals surface area (Å²) < 4.78 is 0. The monoisotopic (exact) mass is 468 g/mol. The largest absolute Gasteiger partial charge is 0.340 e. The molecule has 0 aliphatic carbocycles. The first-order valence-corrected chi connectivity index (χ1v) is 11.2. The highest BCUT2D eigenvalue weighted by Crippen LogP contribution is 2.34. The molecule has 0 spiro atoms. The van der Waals surface area contributed by atoms with Crippen LogP contribution < -0.4 is 5.32 Å². The van der Waals surface area contributed by atoms with Gasteiger partial charge in [-0.2, -0.15) is 0 Å². The molecule has 1 aromatic heterocycles. The highest BCUT2D eigenvalue weighted by molar-refractivity contribution is 6.31. The number of hydrogen-bond acceptors (Lipinski definition) is 3. The van der Waals surface area contributed by atoms with Gasteiger partial charge in [0, 0.05) is 26.6 Å². The number of hydrogen-bond donors (Lipinski definition) is 1. The summed E-state index contributed by atoms with van der Waals surface area (Å²) in [5, 5.41) is 5.44. The molecule has 160 valence electrons. The average molecular weight is 469 g/mol. The summed E-state index contributed by atoms with van der Waals surface area (Å²) in [4.78, 5) is 18.0. The highest BCUT2D eigenvalue weighted by atomic mass is 35.5. The number of nitrogens with zero attached hydrogens (tertiary/aromatic N) is 1. The van der Waals surface area contributed by atoms with Crippen molar-refractivity contribution in [1.29, 1.82) is 0 Å². The molecule has 0 saturated carbocycles. The van der Waals surface area contributed by atoms with Crippen LogP contribution in [0, 0.1) is 0 Å². The van der Waals surface area contributed by atoms with Gasteiger partial charge in [0.2, 0.25) is 0 Å². The van der Waals surface area contributed by atoms with Gasteiger partial charge in [-0.15, -0.1) is 0 Å². The van der Waals surface area contributed by atoms with Crippen molar-refractivity contribution < 1.29 is 4.79 Å². The van der Waals surface area contributed by atoms with Gasteiger partial charge < -0.3 is 5.32 Å². The van der Waals surface area contributed by atoms with Crippen LogP contribution in [-0.4, -0.2) is 10.8 Å². The second-order valence-corrected chi connectivity index (χ2v) is 8.47. The molecule has 4 aromatic carbocycles. The van der Waals surface area contributed by atoms with Gasteiger partial charge >= 0.3 is 0 Å². The molecule has 0 amide bonds. The zero-order chi connectivity index (χ0) is 22.8. The Hall–Kier alpha value is -3.66. The highest BCUT2D eigenvalue weighted by Gasteiger charge is 2.16. The molecule has 33 heavy (non-hydrogen) atoms. The number of benzene rings is 4. The van der Waals surface area contributed by atoms with Crippen molar-refractivity contribution in [3.63, 3.8) is 0 Å². The summed E-state index contributed by atoms with van der Waals surface area (Å²) in [6.07, 6.45) is 0. The van der Waals surface area contributed by atoms with Gasteiger partial charge in [0.1, 0.15) is 5.82 Å². The van der Waals surface area contributed by atoms with E-state index < -0.39 is 0 Å². The van der Waals surface area contributed by atoms with Gasteiger partial charge in [0.25, 0.3) is 0 Å². The fourth-order valence-electron chi connectivity index (χ4n) is 3.82. The molecule has 0 aliphatic heterocycles. The molecule has 5 aromatic rings. The quantitative estimate of drug-likeness (QED) is 0.264. The van der Waals surface area contributed by atoms with E-state index in [1.165, 1.54) is 0 Å². The van der Waals surface area contributed by atoms with E-state index in [1.54, 1.807) is 30.3 Å². The normalized spacial score (nSPS) is 10.8. The molecule has 0 bridgehead atoms. The molecule has 1 N–H and O–H groups in total. The van der Waals surface area contributed by atoms with Crippen LogP contribution in [0.15, 0.2) is 103 Å². The van der Waals surface area contributed by atoms with Gasteiger partial charge in [-0.3, -0.25) is 4.79 Å². The third kappa shape index (κ3) is 4.47. The van der Waals surface area contributed by atoms with E-state index in [2.05, 4.69) is 17.4 Å². The number of rotatable bonds is 5. The number of aromatic nitrogens is 1. The SMILES string of the molecule is O=C(c1ccccc1)c1ccc(Cl)cc1Nc1cc(-c2ccccc2)c2ccc(Cl)cc2n1. The van der Waals surface area contributed by atoms with Crippen LogP contribution in [0.2, 0.25) is 10.0 Å². The van der Waals surface area contributed by atoms with Crippen LogP contribution in [0.25, 0.3) is 22.0 Å². The topological polar surface area (TPSA) is 42.0 Å². The Labute approximate surface area is 201 Å². The Morgan fingerprint density at radius 1 is 0.727 bits per heavy atom. The Bertz CT molecular complexity index is 1470. The van der Waals surface area contributed by atoms with Crippen LogP contribution in [0.5, 0.6) is 0 Å². The van der Waals surface area contributed by atoms with E-state index >= 15 is 0 Å². The van der Waals surface area contributed by atoms with Gasteiger partial charge in [-0.25, -0.2) is 4.98 Å². The molecule has 3 nitrogen and oxygen atoms in total. The summed E-state index contributed by atoms with van der Waals surface area (Å²) in [7, 11) is 0. The molecule has 0 unspecified atom stereocenters. The third-order valence-electron chi connectivity index (χ3n) is 5.38. The predicted octanol–water partition coefficient (Wildman–Crippen LogP) is 8.18. The smallest absolute Gasteiger partial charge is 0.195 e. The van der Waals surface area contributed by atoms with E-state index in [4.69, 9.17) is 28.2 Å². The van der Waals surface area contributed by atoms with Crippen molar-refractivity contribution in [3.8, 4) is 11.1 Å². The van der Waals surface area contributed by atoms with Crippen molar-refractivity contribution in [1.82, 2.24) is 4.98 Å². The van der Waals surface area contributed by atoms with E-state index in [0.717, 1.165) is 22.0 Å². The first kappa shape index (κ1) is 21.2. The minimum absolute atomic E-state index is 0.0955. The van der Waals surface area contributed by atoms with Crippen LogP contribution in [0.3, 0.4) is 0 Å². The van der Waals surface area contributed by atoms with E-state index in [1.807, 2.05) is 60.7 Å². The van der Waals surface area contributed by atoms with Crippen LogP contribution >= 0.6 is 23.2 Å². The summed E-state index contributed by atoms with van der Waals surface area (Å²) >= 11 is 12.6. The molecule has 0 aliphatic rings. The number of pyridine rings is 1. The third-order valence-corrected chi connectivity index (χ3v) is 5.85. The van der Waals surface area contributed by atoms with Crippen molar-refractivity contribution >= 4 is 51.4 Å². The minimum Gasteiger partial charge on any atom is -0.340 e. The van der Waals surface area contributed by atoms with E-state index in [0.29, 0.717) is 32.7 Å². The second-order valence-electron chi connectivity index (χ2n) is 7.59. The molecular formula is C28H18Cl2N2O. The van der Waals surface area contributed by atoms with Crippen molar-refractivity contribution in [2.24, 2.45) is 0 Å². The Morgan fingerprint density at radius 2 is 1.39 bits per heavy atom. The molecule has 0 saturated heterocycles. The van der Waals surface area contributed by atoms with Crippen LogP contribution in [0.4, 0.5) is 11.5 Å². The van der Waals surface area contributed by atoms with Gasteiger partial charge in [-0.1, -0.05) is 89.9 Å². The Morgan fingerprint density at radius 3 is 2.15 bits per heavy atom. The standard InChI is InChI=1S/C28H18Cl2N2O/c29-20-11-13-22-24(18-7-3-1-4-8-18)17-27(31-25(22)15-20)32-26-16-21(30)12-14-23(26)28(33)19-9-5-2-6-10-19/h1-17H,(H,31,32). The maximum absolute atomic E-state index is 13.2. The molecule has 1 heterocycles. The lowest BCUT2D eigenvalue weighted by atomic mass is 10.00. The van der Waals surface area contributed by atoms with E-state index in [-0.39, 0.29) is 5.78 Å². The fraction of sp³-hybridized carbons (Fsp3) is 0. The number of anilines is 2. The minimum atomic E-state index is -0.0955. The Kier molecular flexibility index (Phi) is 5.82. The molecule has 0 radical (unpaired) electrons. The fourth-order valence-corrected chi connectivity index (χ4v) is 4.16. The number of carbonyl (C=O) groups is 1. The summed E-state index contributed by atoms with van der Waals surface area (Å²) in [5.74, 6) is 0.495. The van der Waals surface area contributed by atoms with Gasteiger partial charge in [-0.05, 0) is 47.5 Å². The average Bonchev–Trinajstić information content (AvgIpc) is 2.84. The first-order chi connectivity index (χ1) is 16.1. The lowest BCUT2D eigenvalue weighted by Crippen LogP contribution is -2.06. The van der Waals surface area contributed by atoms with Crippen LogP contribution in [0.1, 0.15) is 15.9 Å². The number of fused-ring (bicyclic) bond motifs is 1. The molecule has 5 rings (SSSR count). The first-order valence-electron chi connectivity index (χ1n) is 10.4. The zero-order valence-electron chi connectivity index (χ0n) is 17.4. The van der Waals surface area contributed by atoms with Crippen molar-refractivity contribution in [2.45, 2.75) is 0 Å². The summed E-state index contributed by atoms with van der Waals surface area (Å²) in [5.41, 5.74) is 4.53. The Balaban J connectivity index is 1.63. The lowest BCUT2D eigenvalue weighted by molar-refractivity contribution is 0.103. The second kappa shape index (κ2) is 9.07. The summed E-state index contributed by atoms with van der Waals surface area (Å²) in [6.45, 7) is 0. The van der Waals surface area contributed by atoms with Crippen molar-refractivity contribution in [2.75, 3.05) is 5.32 Å². The molecular weight excluding hydrogens is 451 g/mol. The zero-order valence-corrected chi connectivity index (χ0v) is 18.9. The number of carbonyl (C=O) groups excluding carboxylic acids is 1. The molecule has 5 heteroatoms. The maximum atomic E-state index is 13.2. The predicted molar refractivity (Wildman–Crippen MR) is 137 cm³/mol. The lowest BCUT2D eigenvalue weighted by Gasteiger charge is -2.15. The van der Waals surface area contributed by atoms with Crippen LogP contribution in [-0.2, 0) is 0 Å². The molecule has 0 fully saturated rings. The number of nitrogens with one attached hydrogen (secondary N) is 1. The number of halogens is 2. The van der Waals surface area contributed by atoms with Crippen molar-refractivity contribution in [3.05, 3.63) is 124 Å². The van der Waals surface area contributed by atoms with Gasteiger partial charge in [0.15, 0.2) is 5.78 Å². The van der Waals surface area contributed by atoms with E-state index in [9.17, 15) is 4.79 Å².